The number of nitrogens with zero attached hydrogens (tertiary/aromatic N) is 4. The van der Waals surface area contributed by atoms with E-state index in [-0.39, 0.29) is 11.3 Å². The molecule has 5 rings (SSSR count). The van der Waals surface area contributed by atoms with E-state index >= 15 is 0 Å². The molecule has 2 heterocycles. The monoisotopic (exact) mass is 634 g/mol. The molecule has 0 atom stereocenters. The Morgan fingerprint density at radius 2 is 1.50 bits per heavy atom. The number of aromatic nitrogens is 1. The van der Waals surface area contributed by atoms with Crippen LogP contribution in [0.1, 0.15) is 13.8 Å². The van der Waals surface area contributed by atoms with E-state index in [1.807, 2.05) is 6.07 Å². The van der Waals surface area contributed by atoms with Crippen LogP contribution >= 0.6 is 11.3 Å². The molecule has 0 saturated carbocycles. The van der Waals surface area contributed by atoms with E-state index in [4.69, 9.17) is 4.18 Å². The van der Waals surface area contributed by atoms with Gasteiger partial charge in [-0.2, -0.15) is 8.42 Å². The predicted molar refractivity (Wildman–Crippen MR) is 169 cm³/mol. The molecule has 2 aromatic heterocycles. The van der Waals surface area contributed by atoms with Gasteiger partial charge in [0.05, 0.1) is 26.1 Å². The zero-order valence-corrected chi connectivity index (χ0v) is 25.4. The summed E-state index contributed by atoms with van der Waals surface area (Å²) in [6.45, 7) is 6.01. The van der Waals surface area contributed by atoms with Gasteiger partial charge in [-0.15, -0.1) is 11.3 Å². The molecule has 0 aliphatic rings. The fraction of sp³-hybridized carbons (Fsp3) is 0.167. The van der Waals surface area contributed by atoms with Crippen LogP contribution in [0.15, 0.2) is 88.6 Å². The Balaban J connectivity index is 1.48. The highest BCUT2D eigenvalue weighted by molar-refractivity contribution is 7.87. The van der Waals surface area contributed by atoms with E-state index in [1.165, 1.54) is 29.5 Å². The number of nitro benzene ring substituents is 2. The lowest BCUT2D eigenvalue weighted by molar-refractivity contribution is -0.396. The second kappa shape index (κ2) is 11.9. The van der Waals surface area contributed by atoms with E-state index in [9.17, 15) is 33.4 Å². The number of benzene rings is 3. The van der Waals surface area contributed by atoms with Crippen molar-refractivity contribution in [1.82, 2.24) is 4.57 Å². The number of non-ortho nitro benzene ring substituents is 1. The predicted octanol–water partition coefficient (Wildman–Crippen LogP) is 6.36. The van der Waals surface area contributed by atoms with Gasteiger partial charge in [-0.3, -0.25) is 25.0 Å². The molecule has 0 aliphatic carbocycles. The van der Waals surface area contributed by atoms with Gasteiger partial charge >= 0.3 is 10.1 Å². The number of rotatable bonds is 10. The van der Waals surface area contributed by atoms with Crippen LogP contribution in [0.4, 0.5) is 17.1 Å². The van der Waals surface area contributed by atoms with E-state index in [2.05, 4.69) is 43.0 Å². The summed E-state index contributed by atoms with van der Waals surface area (Å²) in [5.41, 5.74) is 2.33. The van der Waals surface area contributed by atoms with Crippen LogP contribution in [0.3, 0.4) is 0 Å². The molecule has 44 heavy (non-hydrogen) atoms. The number of pyridine rings is 1. The number of hydrogen-bond donors (Lipinski definition) is 0. The van der Waals surface area contributed by atoms with Crippen LogP contribution in [0.25, 0.3) is 31.8 Å². The molecule has 14 heteroatoms. The number of hydrogen-bond acceptors (Lipinski definition) is 10. The van der Waals surface area contributed by atoms with Crippen molar-refractivity contribution in [3.63, 3.8) is 0 Å². The van der Waals surface area contributed by atoms with Crippen LogP contribution in [-0.2, 0) is 17.2 Å². The average Bonchev–Trinajstić information content (AvgIpc) is 3.46. The number of thiophene rings is 1. The average molecular weight is 635 g/mol. The molecule has 12 nitrogen and oxygen atoms in total. The summed E-state index contributed by atoms with van der Waals surface area (Å²) in [5, 5.41) is 22.5. The first-order valence-electron chi connectivity index (χ1n) is 13.4. The Morgan fingerprint density at radius 3 is 2.09 bits per heavy atom. The Morgan fingerprint density at radius 1 is 0.864 bits per heavy atom. The number of aryl methyl sites for hydroxylation is 1. The molecule has 226 valence electrons. The van der Waals surface area contributed by atoms with Crippen molar-refractivity contribution in [2.24, 2.45) is 7.05 Å². The summed E-state index contributed by atoms with van der Waals surface area (Å²) in [6, 6.07) is 19.8. The summed E-state index contributed by atoms with van der Waals surface area (Å²) < 4.78 is 33.4. The van der Waals surface area contributed by atoms with Gasteiger partial charge < -0.3 is 13.7 Å². The second-order valence-corrected chi connectivity index (χ2v) is 12.3. The minimum Gasteiger partial charge on any atom is -0.379 e. The number of nitro groups is 2. The lowest BCUT2D eigenvalue weighted by atomic mass is 10.1. The molecule has 0 bridgehead atoms. The highest BCUT2D eigenvalue weighted by Gasteiger charge is 2.30. The van der Waals surface area contributed by atoms with Crippen LogP contribution in [0.5, 0.6) is 5.75 Å². The molecular weight excluding hydrogens is 608 g/mol. The topological polar surface area (TPSA) is 155 Å². The fourth-order valence-electron chi connectivity index (χ4n) is 4.85. The van der Waals surface area contributed by atoms with E-state index in [0.717, 1.165) is 51.6 Å². The molecule has 0 aliphatic heterocycles. The maximum Gasteiger partial charge on any atom is 0.346 e. The zero-order valence-electron chi connectivity index (χ0n) is 23.8. The maximum atomic E-state index is 12.9. The van der Waals surface area contributed by atoms with Crippen molar-refractivity contribution < 1.29 is 22.4 Å². The minimum absolute atomic E-state index is 0.137. The standard InChI is InChI=1S/C30H26N4O8S2/c1-4-32(5-2)21-10-6-20(7-11-21)27-18-26-30(43-27)24(17-29(35)31(26)3)19-8-13-23(14-9-19)42-44(40,41)28-15-12-22(33(36)37)16-25(28)34(38)39/h6-18H,4-5H2,1-3H3. The van der Waals surface area contributed by atoms with E-state index in [0.29, 0.717) is 17.2 Å². The van der Waals surface area contributed by atoms with E-state index in [1.54, 1.807) is 23.7 Å². The summed E-state index contributed by atoms with van der Waals surface area (Å²) in [5.74, 6) is -0.137. The van der Waals surface area contributed by atoms with Gasteiger partial charge in [0, 0.05) is 48.4 Å². The summed E-state index contributed by atoms with van der Waals surface area (Å²) in [7, 11) is -3.01. The van der Waals surface area contributed by atoms with Gasteiger partial charge in [0.2, 0.25) is 0 Å². The van der Waals surface area contributed by atoms with Crippen molar-refractivity contribution in [2.45, 2.75) is 18.7 Å². The van der Waals surface area contributed by atoms with Crippen LogP contribution < -0.4 is 14.6 Å². The van der Waals surface area contributed by atoms with E-state index < -0.39 is 36.2 Å². The third kappa shape index (κ3) is 5.76. The van der Waals surface area contributed by atoms with Crippen LogP contribution in [-0.4, -0.2) is 35.9 Å². The first-order valence-corrected chi connectivity index (χ1v) is 15.6. The largest absolute Gasteiger partial charge is 0.379 e. The summed E-state index contributed by atoms with van der Waals surface area (Å²) in [6.07, 6.45) is 0. The van der Waals surface area contributed by atoms with Crippen LogP contribution in [0, 0.1) is 20.2 Å². The lowest BCUT2D eigenvalue weighted by Crippen LogP contribution is -2.21. The van der Waals surface area contributed by atoms with Gasteiger partial charge in [0.1, 0.15) is 5.75 Å². The zero-order chi connectivity index (χ0) is 31.8. The van der Waals surface area contributed by atoms with Gasteiger partial charge in [-0.05, 0) is 61.4 Å². The Kier molecular flexibility index (Phi) is 8.21. The molecule has 0 amide bonds. The third-order valence-electron chi connectivity index (χ3n) is 7.19. The highest BCUT2D eigenvalue weighted by atomic mass is 32.2. The van der Waals surface area contributed by atoms with Crippen molar-refractivity contribution >= 4 is 48.7 Å². The quantitative estimate of drug-likeness (QED) is 0.0969. The maximum absolute atomic E-state index is 12.9. The first kappa shape index (κ1) is 30.4. The van der Waals surface area contributed by atoms with Crippen molar-refractivity contribution in [1.29, 1.82) is 0 Å². The highest BCUT2D eigenvalue weighted by Crippen LogP contribution is 2.39. The van der Waals surface area contributed by atoms with Crippen molar-refractivity contribution in [2.75, 3.05) is 18.0 Å². The second-order valence-electron chi connectivity index (χ2n) is 9.73. The van der Waals surface area contributed by atoms with Gasteiger partial charge in [-0.25, -0.2) is 0 Å². The first-order chi connectivity index (χ1) is 20.9. The van der Waals surface area contributed by atoms with Crippen molar-refractivity contribution in [3.8, 4) is 27.3 Å². The Bertz CT molecular complexity index is 2070. The number of fused-ring (bicyclic) bond motifs is 1. The molecule has 0 unspecified atom stereocenters. The van der Waals surface area contributed by atoms with Gasteiger partial charge in [0.25, 0.3) is 16.9 Å². The Hall–Kier alpha value is -5.08. The fourth-order valence-corrected chi connectivity index (χ4v) is 7.16. The molecule has 3 aromatic carbocycles. The number of anilines is 1. The molecule has 0 saturated heterocycles. The molecule has 0 spiro atoms. The molecule has 0 radical (unpaired) electrons. The lowest BCUT2D eigenvalue weighted by Gasteiger charge is -2.21. The van der Waals surface area contributed by atoms with Gasteiger partial charge in [-0.1, -0.05) is 24.3 Å². The smallest absolute Gasteiger partial charge is 0.346 e. The van der Waals surface area contributed by atoms with Crippen LogP contribution in [0.2, 0.25) is 0 Å². The summed E-state index contributed by atoms with van der Waals surface area (Å²) >= 11 is 1.53. The molecule has 0 N–H and O–H groups in total. The SMILES string of the molecule is CCN(CC)c1ccc(-c2cc3c(s2)c(-c2ccc(OS(=O)(=O)c4ccc([N+](=O)[O-])cc4[N+](=O)[O-])cc2)cc(=O)n3C)cc1. The normalized spacial score (nSPS) is 11.4. The minimum atomic E-state index is -4.71. The molecule has 0 fully saturated rings. The van der Waals surface area contributed by atoms with Gasteiger partial charge in [0.15, 0.2) is 4.90 Å². The van der Waals surface area contributed by atoms with Crippen molar-refractivity contribution in [3.05, 3.63) is 109 Å². The molecular formula is C30H26N4O8S2. The molecule has 5 aromatic rings. The Labute approximate surface area is 255 Å². The third-order valence-corrected chi connectivity index (χ3v) is 9.69. The summed E-state index contributed by atoms with van der Waals surface area (Å²) in [4.78, 5) is 35.9.